The Morgan fingerprint density at radius 2 is 1.89 bits per heavy atom. The Morgan fingerprint density at radius 3 is 2.39 bits per heavy atom. The van der Waals surface area contributed by atoms with Crippen molar-refractivity contribution in [2.75, 3.05) is 6.54 Å². The molecule has 0 bridgehead atoms. The van der Waals surface area contributed by atoms with Crippen LogP contribution in [0.15, 0.2) is 12.1 Å². The molecule has 100 valence electrons. The molecule has 1 amide bonds. The molecule has 1 rings (SSSR count). The normalized spacial score (nSPS) is 12.3. The van der Waals surface area contributed by atoms with Crippen molar-refractivity contribution in [2.24, 2.45) is 0 Å². The first-order chi connectivity index (χ1) is 8.45. The van der Waals surface area contributed by atoms with E-state index in [0.717, 1.165) is 6.42 Å². The summed E-state index contributed by atoms with van der Waals surface area (Å²) in [5, 5.41) is 11.7. The van der Waals surface area contributed by atoms with Gasteiger partial charge in [0.05, 0.1) is 6.10 Å². The van der Waals surface area contributed by atoms with E-state index in [1.54, 1.807) is 0 Å². The van der Waals surface area contributed by atoms with Crippen LogP contribution >= 0.6 is 0 Å². The largest absolute Gasteiger partial charge is 0.391 e. The summed E-state index contributed by atoms with van der Waals surface area (Å²) in [6.07, 6.45) is 0.539. The number of rotatable bonds is 5. The molecule has 0 aliphatic rings. The van der Waals surface area contributed by atoms with Gasteiger partial charge in [0.2, 0.25) is 0 Å². The fraction of sp³-hybridized carbons (Fsp3) is 0.417. The van der Waals surface area contributed by atoms with Gasteiger partial charge in [-0.25, -0.2) is 13.2 Å². The number of aliphatic hydroxyl groups is 1. The highest BCUT2D eigenvalue weighted by atomic mass is 19.2. The molecule has 0 heterocycles. The van der Waals surface area contributed by atoms with Gasteiger partial charge in [-0.15, -0.1) is 0 Å². The second-order valence-corrected chi connectivity index (χ2v) is 3.91. The van der Waals surface area contributed by atoms with Gasteiger partial charge in [0.1, 0.15) is 0 Å². The van der Waals surface area contributed by atoms with E-state index in [0.29, 0.717) is 18.6 Å². The summed E-state index contributed by atoms with van der Waals surface area (Å²) in [4.78, 5) is 11.5. The molecule has 1 aromatic rings. The van der Waals surface area contributed by atoms with Crippen molar-refractivity contribution in [3.63, 3.8) is 0 Å². The van der Waals surface area contributed by atoms with E-state index in [-0.39, 0.29) is 12.1 Å². The average Bonchev–Trinajstić information content (AvgIpc) is 2.32. The minimum Gasteiger partial charge on any atom is -0.391 e. The van der Waals surface area contributed by atoms with Crippen LogP contribution in [0.3, 0.4) is 0 Å². The molecule has 2 N–H and O–H groups in total. The third kappa shape index (κ3) is 3.73. The number of hydrogen-bond donors (Lipinski definition) is 2. The lowest BCUT2D eigenvalue weighted by molar-refractivity contribution is 0.0909. The number of hydrogen-bond acceptors (Lipinski definition) is 2. The predicted molar refractivity (Wildman–Crippen MR) is 59.6 cm³/mol. The third-order valence-corrected chi connectivity index (χ3v) is 2.37. The van der Waals surface area contributed by atoms with Crippen LogP contribution < -0.4 is 5.32 Å². The third-order valence-electron chi connectivity index (χ3n) is 2.37. The van der Waals surface area contributed by atoms with Crippen molar-refractivity contribution in [2.45, 2.75) is 25.9 Å². The predicted octanol–water partition coefficient (Wildman–Crippen LogP) is 1.99. The Hall–Kier alpha value is -1.56. The number of halogens is 3. The minimum atomic E-state index is -1.61. The lowest BCUT2D eigenvalue weighted by Crippen LogP contribution is -2.32. The molecule has 0 saturated heterocycles. The minimum absolute atomic E-state index is 0.0205. The van der Waals surface area contributed by atoms with Crippen LogP contribution in [0.2, 0.25) is 0 Å². The monoisotopic (exact) mass is 261 g/mol. The molecule has 1 atom stereocenters. The zero-order chi connectivity index (χ0) is 13.7. The molecule has 0 spiro atoms. The molecule has 0 aromatic heterocycles. The summed E-state index contributed by atoms with van der Waals surface area (Å²) in [5.41, 5.74) is -0.324. The fourth-order valence-corrected chi connectivity index (χ4v) is 1.43. The summed E-state index contributed by atoms with van der Waals surface area (Å²) in [6.45, 7) is 1.85. The molecule has 18 heavy (non-hydrogen) atoms. The summed E-state index contributed by atoms with van der Waals surface area (Å²) in [5.74, 6) is -5.22. The Morgan fingerprint density at radius 1 is 1.33 bits per heavy atom. The van der Waals surface area contributed by atoms with E-state index in [4.69, 9.17) is 0 Å². The topological polar surface area (TPSA) is 49.3 Å². The number of aliphatic hydroxyl groups excluding tert-OH is 1. The number of carbonyl (C=O) groups excluding carboxylic acids is 1. The van der Waals surface area contributed by atoms with Gasteiger partial charge < -0.3 is 10.4 Å². The smallest absolute Gasteiger partial charge is 0.251 e. The van der Waals surface area contributed by atoms with Gasteiger partial charge in [-0.2, -0.15) is 0 Å². The van der Waals surface area contributed by atoms with Crippen LogP contribution in [0.4, 0.5) is 13.2 Å². The first-order valence-corrected chi connectivity index (χ1v) is 5.56. The van der Waals surface area contributed by atoms with E-state index < -0.39 is 29.5 Å². The fourth-order valence-electron chi connectivity index (χ4n) is 1.43. The zero-order valence-electron chi connectivity index (χ0n) is 9.84. The number of benzene rings is 1. The first kappa shape index (κ1) is 14.5. The lowest BCUT2D eigenvalue weighted by Gasteiger charge is -2.10. The van der Waals surface area contributed by atoms with Crippen LogP contribution in [-0.4, -0.2) is 23.7 Å². The highest BCUT2D eigenvalue weighted by Crippen LogP contribution is 2.13. The van der Waals surface area contributed by atoms with Crippen molar-refractivity contribution >= 4 is 5.91 Å². The summed E-state index contributed by atoms with van der Waals surface area (Å²) in [6, 6.07) is 1.22. The van der Waals surface area contributed by atoms with Gasteiger partial charge in [-0.3, -0.25) is 4.79 Å². The zero-order valence-corrected chi connectivity index (χ0v) is 9.84. The van der Waals surface area contributed by atoms with E-state index >= 15 is 0 Å². The second kappa shape index (κ2) is 6.39. The molecule has 1 aromatic carbocycles. The Kier molecular flexibility index (Phi) is 5.15. The number of nitrogens with one attached hydrogen (secondary N) is 1. The van der Waals surface area contributed by atoms with Gasteiger partial charge >= 0.3 is 0 Å². The molecular weight excluding hydrogens is 247 g/mol. The maximum absolute atomic E-state index is 12.9. The van der Waals surface area contributed by atoms with E-state index in [1.165, 1.54) is 0 Å². The van der Waals surface area contributed by atoms with Crippen molar-refractivity contribution in [3.8, 4) is 0 Å². The number of amides is 1. The summed E-state index contributed by atoms with van der Waals surface area (Å²) < 4.78 is 38.4. The standard InChI is InChI=1S/C12H14F3NO2/c1-2-3-8(17)6-16-12(18)7-4-9(13)11(15)10(14)5-7/h4-5,8,17H,2-3,6H2,1H3,(H,16,18). The maximum Gasteiger partial charge on any atom is 0.251 e. The molecule has 3 nitrogen and oxygen atoms in total. The number of carbonyl (C=O) groups is 1. The highest BCUT2D eigenvalue weighted by molar-refractivity contribution is 5.94. The van der Waals surface area contributed by atoms with Crippen molar-refractivity contribution < 1.29 is 23.1 Å². The highest BCUT2D eigenvalue weighted by Gasteiger charge is 2.15. The SMILES string of the molecule is CCCC(O)CNC(=O)c1cc(F)c(F)c(F)c1. The average molecular weight is 261 g/mol. The van der Waals surface area contributed by atoms with Crippen LogP contribution in [0.5, 0.6) is 0 Å². The van der Waals surface area contributed by atoms with Crippen molar-refractivity contribution in [1.82, 2.24) is 5.32 Å². The lowest BCUT2D eigenvalue weighted by atomic mass is 10.1. The summed E-state index contributed by atoms with van der Waals surface area (Å²) in [7, 11) is 0. The molecule has 0 aliphatic heterocycles. The molecule has 0 radical (unpaired) electrons. The van der Waals surface area contributed by atoms with Crippen LogP contribution in [-0.2, 0) is 0 Å². The van der Waals surface area contributed by atoms with E-state index in [1.807, 2.05) is 6.92 Å². The Balaban J connectivity index is 2.67. The maximum atomic E-state index is 12.9. The second-order valence-electron chi connectivity index (χ2n) is 3.91. The molecular formula is C12H14F3NO2. The van der Waals surface area contributed by atoms with Gasteiger partial charge in [-0.05, 0) is 18.6 Å². The van der Waals surface area contributed by atoms with Gasteiger partial charge in [0.25, 0.3) is 5.91 Å². The van der Waals surface area contributed by atoms with Crippen LogP contribution in [0.25, 0.3) is 0 Å². The van der Waals surface area contributed by atoms with Crippen LogP contribution in [0.1, 0.15) is 30.1 Å². The van der Waals surface area contributed by atoms with Gasteiger partial charge in [0, 0.05) is 12.1 Å². The molecule has 0 fully saturated rings. The van der Waals surface area contributed by atoms with Crippen molar-refractivity contribution in [3.05, 3.63) is 35.1 Å². The Bertz CT molecular complexity index is 414. The van der Waals surface area contributed by atoms with Gasteiger partial charge in [-0.1, -0.05) is 13.3 Å². The Labute approximate surface area is 103 Å². The first-order valence-electron chi connectivity index (χ1n) is 5.56. The van der Waals surface area contributed by atoms with Crippen LogP contribution in [0, 0.1) is 17.5 Å². The molecule has 0 aliphatic carbocycles. The molecule has 6 heteroatoms. The van der Waals surface area contributed by atoms with E-state index in [2.05, 4.69) is 5.32 Å². The molecule has 1 unspecified atom stereocenters. The summed E-state index contributed by atoms with van der Waals surface area (Å²) >= 11 is 0. The van der Waals surface area contributed by atoms with Crippen molar-refractivity contribution in [1.29, 1.82) is 0 Å². The quantitative estimate of drug-likeness (QED) is 0.796. The van der Waals surface area contributed by atoms with E-state index in [9.17, 15) is 23.1 Å². The molecule has 0 saturated carbocycles. The van der Waals surface area contributed by atoms with Gasteiger partial charge in [0.15, 0.2) is 17.5 Å².